The molecule has 15 heavy (non-hydrogen) atoms. The highest BCUT2D eigenvalue weighted by Crippen LogP contribution is 2.15. The topological polar surface area (TPSA) is 57.5 Å². The second-order valence-electron chi connectivity index (χ2n) is 2.83. The molecule has 0 heterocycles. The third-order valence-corrected chi connectivity index (χ3v) is 1.95. The monoisotopic (exact) mass is 224 g/mol. The SMILES string of the molecule is O=C(O)Cc1ccc(Cl)cc1C#CCO. The molecule has 0 spiro atoms. The lowest BCUT2D eigenvalue weighted by atomic mass is 10.1. The molecule has 4 heteroatoms. The number of rotatable bonds is 2. The van der Waals surface area contributed by atoms with Gasteiger partial charge in [-0.05, 0) is 17.7 Å². The van der Waals surface area contributed by atoms with Crippen LogP contribution in [0.1, 0.15) is 11.1 Å². The predicted octanol–water partition coefficient (Wildman–Crippen LogP) is 1.31. The minimum Gasteiger partial charge on any atom is -0.481 e. The van der Waals surface area contributed by atoms with Crippen LogP contribution in [0.3, 0.4) is 0 Å². The summed E-state index contributed by atoms with van der Waals surface area (Å²) in [4.78, 5) is 10.5. The summed E-state index contributed by atoms with van der Waals surface area (Å²) in [6.45, 7) is -0.265. The summed E-state index contributed by atoms with van der Waals surface area (Å²) in [5.41, 5.74) is 1.13. The summed E-state index contributed by atoms with van der Waals surface area (Å²) in [6, 6.07) is 4.82. The molecule has 1 aromatic rings. The van der Waals surface area contributed by atoms with Gasteiger partial charge in [0.15, 0.2) is 0 Å². The van der Waals surface area contributed by atoms with Gasteiger partial charge in [0.25, 0.3) is 0 Å². The number of benzene rings is 1. The van der Waals surface area contributed by atoms with Crippen molar-refractivity contribution < 1.29 is 15.0 Å². The van der Waals surface area contributed by atoms with Gasteiger partial charge in [-0.1, -0.05) is 29.5 Å². The average Bonchev–Trinajstić information content (AvgIpc) is 2.18. The standard InChI is InChI=1S/C11H9ClO3/c12-10-4-3-9(7-11(14)15)8(6-10)2-1-5-13/h3-4,6,13H,5,7H2,(H,14,15). The first-order valence-corrected chi connectivity index (χ1v) is 4.61. The van der Waals surface area contributed by atoms with Crippen molar-refractivity contribution in [3.05, 3.63) is 34.3 Å². The second-order valence-corrected chi connectivity index (χ2v) is 3.27. The maximum atomic E-state index is 10.5. The number of carboxylic acids is 1. The fourth-order valence-electron chi connectivity index (χ4n) is 1.12. The van der Waals surface area contributed by atoms with Crippen molar-refractivity contribution in [1.29, 1.82) is 0 Å². The van der Waals surface area contributed by atoms with Gasteiger partial charge in [0, 0.05) is 10.6 Å². The van der Waals surface area contributed by atoms with Crippen LogP contribution in [0.5, 0.6) is 0 Å². The van der Waals surface area contributed by atoms with Gasteiger partial charge < -0.3 is 10.2 Å². The molecule has 1 rings (SSSR count). The Labute approximate surface area is 92.3 Å². The van der Waals surface area contributed by atoms with Crippen LogP contribution in [-0.2, 0) is 11.2 Å². The van der Waals surface area contributed by atoms with Crippen LogP contribution >= 0.6 is 11.6 Å². The Morgan fingerprint density at radius 3 is 2.80 bits per heavy atom. The maximum Gasteiger partial charge on any atom is 0.307 e. The Morgan fingerprint density at radius 1 is 1.47 bits per heavy atom. The van der Waals surface area contributed by atoms with Crippen molar-refractivity contribution in [2.24, 2.45) is 0 Å². The number of carboxylic acid groups (broad SMARTS) is 1. The van der Waals surface area contributed by atoms with Gasteiger partial charge in [0.1, 0.15) is 6.61 Å². The van der Waals surface area contributed by atoms with E-state index in [1.165, 1.54) is 0 Å². The number of hydrogen-bond acceptors (Lipinski definition) is 2. The number of aliphatic carboxylic acids is 1. The van der Waals surface area contributed by atoms with E-state index in [4.69, 9.17) is 21.8 Å². The van der Waals surface area contributed by atoms with Crippen LogP contribution in [0.4, 0.5) is 0 Å². The largest absolute Gasteiger partial charge is 0.481 e. The summed E-state index contributed by atoms with van der Waals surface area (Å²) in [6.07, 6.45) is -0.105. The van der Waals surface area contributed by atoms with Gasteiger partial charge in [-0.3, -0.25) is 4.79 Å². The molecule has 2 N–H and O–H groups in total. The summed E-state index contributed by atoms with van der Waals surface area (Å²) in [5, 5.41) is 17.7. The third kappa shape index (κ3) is 3.62. The normalized spacial score (nSPS) is 9.20. The van der Waals surface area contributed by atoms with E-state index in [2.05, 4.69) is 11.8 Å². The fraction of sp³-hybridized carbons (Fsp3) is 0.182. The first kappa shape index (κ1) is 11.6. The zero-order valence-electron chi connectivity index (χ0n) is 7.83. The molecule has 0 amide bonds. The van der Waals surface area contributed by atoms with Gasteiger partial charge in [-0.25, -0.2) is 0 Å². The number of halogens is 1. The number of carbonyl (C=O) groups is 1. The Morgan fingerprint density at radius 2 is 2.20 bits per heavy atom. The van der Waals surface area contributed by atoms with E-state index >= 15 is 0 Å². The van der Waals surface area contributed by atoms with E-state index in [0.29, 0.717) is 16.1 Å². The molecule has 0 aromatic heterocycles. The zero-order chi connectivity index (χ0) is 11.3. The van der Waals surface area contributed by atoms with Gasteiger partial charge in [0.2, 0.25) is 0 Å². The van der Waals surface area contributed by atoms with Crippen LogP contribution < -0.4 is 0 Å². The second kappa shape index (κ2) is 5.40. The molecule has 0 fully saturated rings. The van der Waals surface area contributed by atoms with Gasteiger partial charge in [0.05, 0.1) is 6.42 Å². The Bertz CT molecular complexity index is 429. The molecule has 0 radical (unpaired) electrons. The third-order valence-electron chi connectivity index (χ3n) is 1.72. The molecule has 0 aliphatic rings. The van der Waals surface area contributed by atoms with Crippen molar-refractivity contribution >= 4 is 17.6 Å². The summed E-state index contributed by atoms with van der Waals surface area (Å²) in [7, 11) is 0. The molecule has 0 aliphatic heterocycles. The molecular weight excluding hydrogens is 216 g/mol. The average molecular weight is 225 g/mol. The molecule has 3 nitrogen and oxygen atoms in total. The highest BCUT2D eigenvalue weighted by Gasteiger charge is 2.05. The number of aliphatic hydroxyl groups is 1. The van der Waals surface area contributed by atoms with Crippen molar-refractivity contribution in [1.82, 2.24) is 0 Å². The minimum absolute atomic E-state index is 0.105. The first-order chi connectivity index (χ1) is 7.13. The number of aliphatic hydroxyl groups excluding tert-OH is 1. The summed E-state index contributed by atoms with van der Waals surface area (Å²) >= 11 is 5.75. The van der Waals surface area contributed by atoms with E-state index in [1.54, 1.807) is 18.2 Å². The maximum absolute atomic E-state index is 10.5. The lowest BCUT2D eigenvalue weighted by molar-refractivity contribution is -0.136. The van der Waals surface area contributed by atoms with Crippen molar-refractivity contribution in [3.63, 3.8) is 0 Å². The molecular formula is C11H9ClO3. The fourth-order valence-corrected chi connectivity index (χ4v) is 1.29. The molecule has 0 unspecified atom stereocenters. The molecule has 78 valence electrons. The van der Waals surface area contributed by atoms with Gasteiger partial charge in [-0.2, -0.15) is 0 Å². The lowest BCUT2D eigenvalue weighted by Gasteiger charge is -2.01. The van der Waals surface area contributed by atoms with Crippen LogP contribution in [0.15, 0.2) is 18.2 Å². The summed E-state index contributed by atoms with van der Waals surface area (Å²) in [5.74, 6) is 4.19. The molecule has 1 aromatic carbocycles. The van der Waals surface area contributed by atoms with Crippen molar-refractivity contribution in [2.75, 3.05) is 6.61 Å². The molecule has 0 saturated carbocycles. The Hall–Kier alpha value is -1.50. The number of hydrogen-bond donors (Lipinski definition) is 2. The van der Waals surface area contributed by atoms with Crippen LogP contribution in [0, 0.1) is 11.8 Å². The van der Waals surface area contributed by atoms with E-state index in [1.807, 2.05) is 0 Å². The van der Waals surface area contributed by atoms with E-state index < -0.39 is 5.97 Å². The quantitative estimate of drug-likeness (QED) is 0.745. The van der Waals surface area contributed by atoms with E-state index in [9.17, 15) is 4.79 Å². The van der Waals surface area contributed by atoms with Crippen LogP contribution in [0.2, 0.25) is 5.02 Å². The molecule has 0 bridgehead atoms. The molecule has 0 aliphatic carbocycles. The molecule has 0 saturated heterocycles. The first-order valence-electron chi connectivity index (χ1n) is 4.23. The molecule has 0 atom stereocenters. The highest BCUT2D eigenvalue weighted by atomic mass is 35.5. The van der Waals surface area contributed by atoms with Crippen molar-refractivity contribution in [3.8, 4) is 11.8 Å². The van der Waals surface area contributed by atoms with Gasteiger partial charge in [-0.15, -0.1) is 0 Å². The van der Waals surface area contributed by atoms with Gasteiger partial charge >= 0.3 is 5.97 Å². The zero-order valence-corrected chi connectivity index (χ0v) is 8.58. The van der Waals surface area contributed by atoms with Crippen molar-refractivity contribution in [2.45, 2.75) is 6.42 Å². The Balaban J connectivity index is 3.08. The van der Waals surface area contributed by atoms with Crippen LogP contribution in [0.25, 0.3) is 0 Å². The van der Waals surface area contributed by atoms with Crippen LogP contribution in [-0.4, -0.2) is 22.8 Å². The Kier molecular flexibility index (Phi) is 4.17. The van der Waals surface area contributed by atoms with E-state index in [-0.39, 0.29) is 13.0 Å². The predicted molar refractivity (Wildman–Crippen MR) is 56.8 cm³/mol. The van der Waals surface area contributed by atoms with E-state index in [0.717, 1.165) is 0 Å². The lowest BCUT2D eigenvalue weighted by Crippen LogP contribution is -2.02. The minimum atomic E-state index is -0.927. The smallest absolute Gasteiger partial charge is 0.307 e. The summed E-state index contributed by atoms with van der Waals surface area (Å²) < 4.78 is 0. The highest BCUT2D eigenvalue weighted by molar-refractivity contribution is 6.30.